The van der Waals surface area contributed by atoms with Gasteiger partial charge in [-0.2, -0.15) is 0 Å². The Hall–Kier alpha value is -1.84. The Labute approximate surface area is 101 Å². The zero-order valence-corrected chi connectivity index (χ0v) is 10.2. The van der Waals surface area contributed by atoms with Crippen molar-refractivity contribution in [2.24, 2.45) is 10.9 Å². The second kappa shape index (κ2) is 6.03. The average molecular weight is 234 g/mol. The normalized spacial score (nSPS) is 11.8. The van der Waals surface area contributed by atoms with E-state index < -0.39 is 0 Å². The molecule has 0 heterocycles. The van der Waals surface area contributed by atoms with E-state index in [-0.39, 0.29) is 18.0 Å². The molecule has 17 heavy (non-hydrogen) atoms. The van der Waals surface area contributed by atoms with Crippen LogP contribution in [0.2, 0.25) is 0 Å². The fourth-order valence-corrected chi connectivity index (χ4v) is 1.77. The first-order valence-corrected chi connectivity index (χ1v) is 5.60. The number of carbonyl (C=O) groups is 1. The topological polar surface area (TPSA) is 75.7 Å². The summed E-state index contributed by atoms with van der Waals surface area (Å²) in [6.07, 6.45) is 0.313. The van der Waals surface area contributed by atoms with E-state index in [0.29, 0.717) is 12.3 Å². The first-order valence-electron chi connectivity index (χ1n) is 5.60. The maximum Gasteiger partial charge on any atom is 0.146 e. The smallest absolute Gasteiger partial charge is 0.146 e. The third-order valence-electron chi connectivity index (χ3n) is 2.57. The van der Waals surface area contributed by atoms with Gasteiger partial charge in [0.25, 0.3) is 0 Å². The molecule has 0 spiro atoms. The molecule has 0 fully saturated rings. The maximum absolute atomic E-state index is 11.7. The third kappa shape index (κ3) is 3.90. The molecule has 3 N–H and O–H groups in total. The van der Waals surface area contributed by atoms with Crippen LogP contribution in [0.5, 0.6) is 0 Å². The van der Waals surface area contributed by atoms with E-state index in [1.165, 1.54) is 5.56 Å². The van der Waals surface area contributed by atoms with Crippen LogP contribution < -0.4 is 5.73 Å². The van der Waals surface area contributed by atoms with E-state index in [1.807, 2.05) is 24.3 Å². The number of carbonyl (C=O) groups excluding carboxylic acids is 1. The fraction of sp³-hybridized carbons (Fsp3) is 0.385. The Morgan fingerprint density at radius 3 is 2.65 bits per heavy atom. The number of hydrogen-bond acceptors (Lipinski definition) is 3. The van der Waals surface area contributed by atoms with Crippen LogP contribution in [-0.4, -0.2) is 16.8 Å². The Morgan fingerprint density at radius 1 is 1.41 bits per heavy atom. The molecule has 0 unspecified atom stereocenters. The molecule has 92 valence electrons. The highest BCUT2D eigenvalue weighted by atomic mass is 16.4. The number of amidine groups is 1. The van der Waals surface area contributed by atoms with E-state index in [1.54, 1.807) is 0 Å². The average Bonchev–Trinajstić information content (AvgIpc) is 2.29. The van der Waals surface area contributed by atoms with E-state index in [9.17, 15) is 4.79 Å². The summed E-state index contributed by atoms with van der Waals surface area (Å²) in [6.45, 7) is 4.18. The van der Waals surface area contributed by atoms with Gasteiger partial charge in [0.15, 0.2) is 0 Å². The molecule has 1 rings (SSSR count). The van der Waals surface area contributed by atoms with Crippen LogP contribution >= 0.6 is 0 Å². The summed E-state index contributed by atoms with van der Waals surface area (Å²) in [5.41, 5.74) is 7.48. The second-order valence-electron chi connectivity index (χ2n) is 4.34. The minimum Gasteiger partial charge on any atom is -0.409 e. The minimum absolute atomic E-state index is 0.0110. The van der Waals surface area contributed by atoms with Crippen molar-refractivity contribution in [2.45, 2.75) is 32.6 Å². The molecule has 0 aliphatic heterocycles. The summed E-state index contributed by atoms with van der Waals surface area (Å²) in [7, 11) is 0. The largest absolute Gasteiger partial charge is 0.409 e. The van der Waals surface area contributed by atoms with Gasteiger partial charge in [-0.25, -0.2) is 0 Å². The van der Waals surface area contributed by atoms with Crippen LogP contribution in [0.1, 0.15) is 37.3 Å². The predicted molar refractivity (Wildman–Crippen MR) is 67.3 cm³/mol. The Balaban J connectivity index is 2.78. The van der Waals surface area contributed by atoms with Crippen molar-refractivity contribution in [3.8, 4) is 0 Å². The maximum atomic E-state index is 11.7. The summed E-state index contributed by atoms with van der Waals surface area (Å²) >= 11 is 0. The molecule has 1 aromatic rings. The van der Waals surface area contributed by atoms with E-state index in [4.69, 9.17) is 10.9 Å². The van der Waals surface area contributed by atoms with Crippen LogP contribution in [0, 0.1) is 0 Å². The molecule has 0 aromatic heterocycles. The van der Waals surface area contributed by atoms with Gasteiger partial charge in [-0.1, -0.05) is 43.3 Å². The molecular weight excluding hydrogens is 216 g/mol. The monoisotopic (exact) mass is 234 g/mol. The molecular formula is C13H18N2O2. The molecule has 0 atom stereocenters. The van der Waals surface area contributed by atoms with Gasteiger partial charge in [-0.3, -0.25) is 4.79 Å². The van der Waals surface area contributed by atoms with Crippen molar-refractivity contribution in [3.05, 3.63) is 35.4 Å². The van der Waals surface area contributed by atoms with Crippen LogP contribution in [0.25, 0.3) is 0 Å². The zero-order chi connectivity index (χ0) is 12.8. The fourth-order valence-electron chi connectivity index (χ4n) is 1.77. The number of hydrogen-bond donors (Lipinski definition) is 2. The number of rotatable bonds is 5. The van der Waals surface area contributed by atoms with Gasteiger partial charge in [0.1, 0.15) is 11.6 Å². The predicted octanol–water partition coefficient (Wildman–Crippen LogP) is 2.06. The van der Waals surface area contributed by atoms with Gasteiger partial charge in [0.05, 0.1) is 6.42 Å². The number of nitrogens with two attached hydrogens (primary N) is 1. The van der Waals surface area contributed by atoms with Crippen molar-refractivity contribution < 1.29 is 10.0 Å². The summed E-state index contributed by atoms with van der Waals surface area (Å²) < 4.78 is 0. The quantitative estimate of drug-likeness (QED) is 0.354. The lowest BCUT2D eigenvalue weighted by molar-refractivity contribution is -0.117. The van der Waals surface area contributed by atoms with E-state index >= 15 is 0 Å². The number of benzene rings is 1. The zero-order valence-electron chi connectivity index (χ0n) is 10.2. The van der Waals surface area contributed by atoms with Crippen LogP contribution in [-0.2, 0) is 11.2 Å². The summed E-state index contributed by atoms with van der Waals surface area (Å²) in [6, 6.07) is 7.85. The molecule has 4 nitrogen and oxygen atoms in total. The lowest BCUT2D eigenvalue weighted by Crippen LogP contribution is -2.18. The summed E-state index contributed by atoms with van der Waals surface area (Å²) in [5.74, 6) is 0.285. The molecule has 0 saturated carbocycles. The van der Waals surface area contributed by atoms with Gasteiger partial charge in [-0.15, -0.1) is 0 Å². The second-order valence-corrected chi connectivity index (χ2v) is 4.34. The van der Waals surface area contributed by atoms with Crippen molar-refractivity contribution >= 4 is 11.6 Å². The summed E-state index contributed by atoms with van der Waals surface area (Å²) in [4.78, 5) is 11.7. The molecule has 0 aliphatic rings. The van der Waals surface area contributed by atoms with Gasteiger partial charge in [-0.05, 0) is 17.0 Å². The lowest BCUT2D eigenvalue weighted by atomic mass is 9.94. The molecule has 1 aromatic carbocycles. The molecule has 0 aliphatic carbocycles. The first-order chi connectivity index (χ1) is 8.04. The third-order valence-corrected chi connectivity index (χ3v) is 2.57. The molecule has 0 saturated heterocycles. The number of Topliss-reactive ketones (excluding diaryl/α,β-unsaturated/α-hetero) is 1. The summed E-state index contributed by atoms with van der Waals surface area (Å²) in [5, 5.41) is 11.2. The Kier molecular flexibility index (Phi) is 4.69. The van der Waals surface area contributed by atoms with Crippen LogP contribution in [0.4, 0.5) is 0 Å². The highest BCUT2D eigenvalue weighted by molar-refractivity contribution is 6.00. The van der Waals surface area contributed by atoms with Crippen molar-refractivity contribution in [1.29, 1.82) is 0 Å². The number of oxime groups is 1. The SMILES string of the molecule is CC(C)c1ccccc1CC(=O)C/C(N)=N/O. The highest BCUT2D eigenvalue weighted by Gasteiger charge is 2.11. The molecule has 0 amide bonds. The van der Waals surface area contributed by atoms with Gasteiger partial charge in [0, 0.05) is 6.42 Å². The van der Waals surface area contributed by atoms with Crippen molar-refractivity contribution in [2.75, 3.05) is 0 Å². The molecule has 4 heteroatoms. The van der Waals surface area contributed by atoms with Gasteiger partial charge >= 0.3 is 0 Å². The van der Waals surface area contributed by atoms with Crippen LogP contribution in [0.3, 0.4) is 0 Å². The lowest BCUT2D eigenvalue weighted by Gasteiger charge is -2.11. The Morgan fingerprint density at radius 2 is 2.06 bits per heavy atom. The van der Waals surface area contributed by atoms with Crippen LogP contribution in [0.15, 0.2) is 29.4 Å². The van der Waals surface area contributed by atoms with Gasteiger partial charge in [0.2, 0.25) is 0 Å². The minimum atomic E-state index is -0.0478. The standard InChI is InChI=1S/C13H18N2O2/c1-9(2)12-6-4-3-5-10(12)7-11(16)8-13(14)15-17/h3-6,9,17H,7-8H2,1-2H3,(H2,14,15). The number of nitrogens with zero attached hydrogens (tertiary/aromatic N) is 1. The van der Waals surface area contributed by atoms with Crippen molar-refractivity contribution in [1.82, 2.24) is 0 Å². The van der Waals surface area contributed by atoms with Gasteiger partial charge < -0.3 is 10.9 Å². The molecule has 0 radical (unpaired) electrons. The van der Waals surface area contributed by atoms with E-state index in [0.717, 1.165) is 5.56 Å². The van der Waals surface area contributed by atoms with Crippen molar-refractivity contribution in [3.63, 3.8) is 0 Å². The highest BCUT2D eigenvalue weighted by Crippen LogP contribution is 2.19. The first kappa shape index (κ1) is 13.2. The molecule has 0 bridgehead atoms. The number of ketones is 1. The Bertz CT molecular complexity index is 425. The van der Waals surface area contributed by atoms with E-state index in [2.05, 4.69) is 19.0 Å².